The SMILES string of the molecule is CC.CC.Cc1ccccc1COc1ccc(C)c(C(N)=O)c1. The molecule has 0 radical (unpaired) electrons. The van der Waals surface area contributed by atoms with Crippen LogP contribution in [0.1, 0.15) is 54.7 Å². The number of ether oxygens (including phenoxy) is 1. The number of hydrogen-bond donors (Lipinski definition) is 1. The minimum Gasteiger partial charge on any atom is -0.489 e. The molecule has 2 rings (SSSR count). The number of benzene rings is 2. The molecule has 0 aromatic heterocycles. The summed E-state index contributed by atoms with van der Waals surface area (Å²) >= 11 is 0. The summed E-state index contributed by atoms with van der Waals surface area (Å²) in [6.07, 6.45) is 0. The lowest BCUT2D eigenvalue weighted by Gasteiger charge is -2.10. The average molecular weight is 315 g/mol. The van der Waals surface area contributed by atoms with Gasteiger partial charge < -0.3 is 10.5 Å². The van der Waals surface area contributed by atoms with Crippen LogP contribution in [-0.2, 0) is 6.61 Å². The third kappa shape index (κ3) is 6.55. The Morgan fingerprint density at radius 2 is 1.57 bits per heavy atom. The Bertz CT molecular complexity index is 606. The van der Waals surface area contributed by atoms with E-state index in [9.17, 15) is 4.79 Å². The van der Waals surface area contributed by atoms with Gasteiger partial charge >= 0.3 is 0 Å². The molecule has 23 heavy (non-hydrogen) atoms. The molecule has 2 aromatic rings. The average Bonchev–Trinajstić information content (AvgIpc) is 2.59. The number of primary amides is 1. The maximum atomic E-state index is 11.3. The number of carbonyl (C=O) groups excluding carboxylic acids is 1. The molecule has 2 aromatic carbocycles. The van der Waals surface area contributed by atoms with Crippen LogP contribution >= 0.6 is 0 Å². The number of carbonyl (C=O) groups is 1. The molecule has 0 saturated carbocycles. The van der Waals surface area contributed by atoms with Crippen LogP contribution in [0.3, 0.4) is 0 Å². The van der Waals surface area contributed by atoms with E-state index in [-0.39, 0.29) is 0 Å². The predicted molar refractivity (Wildman–Crippen MR) is 97.9 cm³/mol. The van der Waals surface area contributed by atoms with Gasteiger partial charge in [0, 0.05) is 5.56 Å². The summed E-state index contributed by atoms with van der Waals surface area (Å²) in [4.78, 5) is 11.3. The largest absolute Gasteiger partial charge is 0.489 e. The molecule has 1 amide bonds. The number of rotatable bonds is 4. The van der Waals surface area contributed by atoms with Crippen molar-refractivity contribution in [2.75, 3.05) is 0 Å². The van der Waals surface area contributed by atoms with Gasteiger partial charge in [0.1, 0.15) is 12.4 Å². The van der Waals surface area contributed by atoms with E-state index < -0.39 is 5.91 Å². The topological polar surface area (TPSA) is 52.3 Å². The lowest BCUT2D eigenvalue weighted by Crippen LogP contribution is -2.12. The summed E-state index contributed by atoms with van der Waals surface area (Å²) in [6, 6.07) is 13.4. The van der Waals surface area contributed by atoms with Gasteiger partial charge in [-0.05, 0) is 42.7 Å². The smallest absolute Gasteiger partial charge is 0.249 e. The number of amides is 1. The van der Waals surface area contributed by atoms with Crippen LogP contribution in [-0.4, -0.2) is 5.91 Å². The van der Waals surface area contributed by atoms with E-state index in [1.165, 1.54) is 5.56 Å². The zero-order valence-corrected chi connectivity index (χ0v) is 15.1. The summed E-state index contributed by atoms with van der Waals surface area (Å²) < 4.78 is 5.71. The third-order valence-corrected chi connectivity index (χ3v) is 3.13. The normalized spacial score (nSPS) is 8.96. The fourth-order valence-corrected chi connectivity index (χ4v) is 1.89. The van der Waals surface area contributed by atoms with Gasteiger partial charge in [0.2, 0.25) is 5.91 Å². The van der Waals surface area contributed by atoms with E-state index in [2.05, 4.69) is 0 Å². The summed E-state index contributed by atoms with van der Waals surface area (Å²) in [5.41, 5.74) is 8.99. The Hall–Kier alpha value is -2.29. The second-order valence-electron chi connectivity index (χ2n) is 4.56. The summed E-state index contributed by atoms with van der Waals surface area (Å²) in [5, 5.41) is 0. The van der Waals surface area contributed by atoms with Gasteiger partial charge in [0.25, 0.3) is 0 Å². The Labute approximate surface area is 140 Å². The van der Waals surface area contributed by atoms with E-state index in [0.29, 0.717) is 17.9 Å². The molecular weight excluding hydrogens is 286 g/mol. The fourth-order valence-electron chi connectivity index (χ4n) is 1.89. The lowest BCUT2D eigenvalue weighted by molar-refractivity contribution is 0.0999. The van der Waals surface area contributed by atoms with Crippen molar-refractivity contribution in [3.63, 3.8) is 0 Å². The second kappa shape index (κ2) is 11.3. The van der Waals surface area contributed by atoms with Gasteiger partial charge in [0.15, 0.2) is 0 Å². The first-order valence-corrected chi connectivity index (χ1v) is 8.15. The highest BCUT2D eigenvalue weighted by Crippen LogP contribution is 2.19. The van der Waals surface area contributed by atoms with Gasteiger partial charge in [-0.2, -0.15) is 0 Å². The van der Waals surface area contributed by atoms with Crippen molar-refractivity contribution in [1.82, 2.24) is 0 Å². The van der Waals surface area contributed by atoms with Gasteiger partial charge in [-0.25, -0.2) is 0 Å². The first-order chi connectivity index (χ1) is 11.1. The molecule has 2 N–H and O–H groups in total. The highest BCUT2D eigenvalue weighted by atomic mass is 16.5. The standard InChI is InChI=1S/C16H17NO2.2C2H6/c1-11-5-3-4-6-13(11)10-19-14-8-7-12(2)15(9-14)16(17)18;2*1-2/h3-9H,10H2,1-2H3,(H2,17,18);2*1-2H3. The highest BCUT2D eigenvalue weighted by molar-refractivity contribution is 5.94. The van der Waals surface area contributed by atoms with Crippen LogP contribution in [0, 0.1) is 13.8 Å². The first-order valence-electron chi connectivity index (χ1n) is 8.15. The molecule has 0 atom stereocenters. The van der Waals surface area contributed by atoms with Gasteiger partial charge in [-0.1, -0.05) is 58.0 Å². The lowest BCUT2D eigenvalue weighted by atomic mass is 10.1. The van der Waals surface area contributed by atoms with Crippen molar-refractivity contribution in [1.29, 1.82) is 0 Å². The molecule has 126 valence electrons. The van der Waals surface area contributed by atoms with E-state index in [1.807, 2.05) is 77.9 Å². The zero-order valence-electron chi connectivity index (χ0n) is 15.1. The van der Waals surface area contributed by atoms with Crippen LogP contribution in [0.15, 0.2) is 42.5 Å². The van der Waals surface area contributed by atoms with Crippen molar-refractivity contribution >= 4 is 5.91 Å². The van der Waals surface area contributed by atoms with Gasteiger partial charge in [0.05, 0.1) is 0 Å². The molecule has 0 aliphatic heterocycles. The quantitative estimate of drug-likeness (QED) is 0.860. The van der Waals surface area contributed by atoms with E-state index in [0.717, 1.165) is 11.1 Å². The predicted octanol–water partition coefficient (Wildman–Crippen LogP) is 5.03. The van der Waals surface area contributed by atoms with Crippen molar-refractivity contribution < 1.29 is 9.53 Å². The summed E-state index contributed by atoms with van der Waals surface area (Å²) in [7, 11) is 0. The van der Waals surface area contributed by atoms with Crippen LogP contribution in [0.2, 0.25) is 0 Å². The van der Waals surface area contributed by atoms with Crippen LogP contribution in [0.25, 0.3) is 0 Å². The van der Waals surface area contributed by atoms with Gasteiger partial charge in [-0.3, -0.25) is 4.79 Å². The fraction of sp³-hybridized carbons (Fsp3) is 0.350. The molecule has 0 saturated heterocycles. The minimum atomic E-state index is -0.432. The van der Waals surface area contributed by atoms with Crippen LogP contribution in [0.5, 0.6) is 5.75 Å². The monoisotopic (exact) mass is 315 g/mol. The van der Waals surface area contributed by atoms with Crippen LogP contribution in [0.4, 0.5) is 0 Å². The maximum Gasteiger partial charge on any atom is 0.249 e. The Balaban J connectivity index is 0.00000112. The highest BCUT2D eigenvalue weighted by Gasteiger charge is 2.07. The number of hydrogen-bond acceptors (Lipinski definition) is 2. The van der Waals surface area contributed by atoms with Crippen molar-refractivity contribution in [3.8, 4) is 5.75 Å². The number of nitrogens with two attached hydrogens (primary N) is 1. The molecule has 0 spiro atoms. The molecule has 0 unspecified atom stereocenters. The minimum absolute atomic E-state index is 0.432. The van der Waals surface area contributed by atoms with Crippen molar-refractivity contribution in [2.45, 2.75) is 48.1 Å². The molecule has 3 heteroatoms. The van der Waals surface area contributed by atoms with E-state index in [4.69, 9.17) is 10.5 Å². The Morgan fingerprint density at radius 3 is 2.13 bits per heavy atom. The molecular formula is C20H29NO2. The Morgan fingerprint density at radius 1 is 0.957 bits per heavy atom. The molecule has 0 bridgehead atoms. The summed E-state index contributed by atoms with van der Waals surface area (Å²) in [5.74, 6) is 0.224. The number of aryl methyl sites for hydroxylation is 2. The third-order valence-electron chi connectivity index (χ3n) is 3.13. The van der Waals surface area contributed by atoms with Gasteiger partial charge in [-0.15, -0.1) is 0 Å². The first kappa shape index (κ1) is 20.7. The molecule has 3 nitrogen and oxygen atoms in total. The molecule has 0 heterocycles. The maximum absolute atomic E-state index is 11.3. The Kier molecular flexibility index (Phi) is 10.2. The molecule has 0 aliphatic carbocycles. The van der Waals surface area contributed by atoms with E-state index in [1.54, 1.807) is 6.07 Å². The molecule has 0 aliphatic rings. The van der Waals surface area contributed by atoms with Crippen molar-refractivity contribution in [2.24, 2.45) is 5.73 Å². The zero-order chi connectivity index (χ0) is 17.8. The van der Waals surface area contributed by atoms with E-state index >= 15 is 0 Å². The second-order valence-corrected chi connectivity index (χ2v) is 4.56. The summed E-state index contributed by atoms with van der Waals surface area (Å²) in [6.45, 7) is 12.4. The van der Waals surface area contributed by atoms with Crippen LogP contribution < -0.4 is 10.5 Å². The molecule has 0 fully saturated rings. The van der Waals surface area contributed by atoms with Crippen molar-refractivity contribution in [3.05, 3.63) is 64.7 Å².